The van der Waals surface area contributed by atoms with E-state index in [0.29, 0.717) is 47.4 Å². The zero-order valence-corrected chi connectivity index (χ0v) is 25.5. The van der Waals surface area contributed by atoms with Gasteiger partial charge in [-0.3, -0.25) is 20.2 Å². The van der Waals surface area contributed by atoms with Crippen molar-refractivity contribution in [2.75, 3.05) is 13.1 Å². The lowest BCUT2D eigenvalue weighted by Gasteiger charge is -2.20. The summed E-state index contributed by atoms with van der Waals surface area (Å²) in [4.78, 5) is 33.1. The molecule has 0 aliphatic rings. The molecule has 2 heterocycles. The first-order chi connectivity index (χ1) is 21.4. The van der Waals surface area contributed by atoms with Gasteiger partial charge in [-0.2, -0.15) is 4.98 Å². The van der Waals surface area contributed by atoms with Crippen LogP contribution in [0.3, 0.4) is 0 Å². The third-order valence-corrected chi connectivity index (χ3v) is 7.38. The summed E-state index contributed by atoms with van der Waals surface area (Å²) in [6, 6.07) is 11.1. The quantitative estimate of drug-likeness (QED) is 0.0778. The number of nitrogens with two attached hydrogens (primary N) is 3. The second kappa shape index (κ2) is 14.7. The summed E-state index contributed by atoms with van der Waals surface area (Å²) < 4.78 is 16.4. The van der Waals surface area contributed by atoms with E-state index in [1.165, 1.54) is 4.57 Å². The van der Waals surface area contributed by atoms with Gasteiger partial charge < -0.3 is 38.1 Å². The van der Waals surface area contributed by atoms with Crippen molar-refractivity contribution in [3.63, 3.8) is 0 Å². The molecule has 0 aliphatic carbocycles. The Morgan fingerprint density at radius 1 is 1.11 bits per heavy atom. The van der Waals surface area contributed by atoms with E-state index in [1.54, 1.807) is 48.7 Å². The summed E-state index contributed by atoms with van der Waals surface area (Å²) in [6.07, 6.45) is 4.37. The van der Waals surface area contributed by atoms with Crippen LogP contribution in [0.2, 0.25) is 5.02 Å². The number of benzene rings is 2. The lowest BCUT2D eigenvalue weighted by atomic mass is 10.0. The van der Waals surface area contributed by atoms with Crippen molar-refractivity contribution in [2.45, 2.75) is 44.7 Å². The molecular weight excluding hydrogens is 601 g/mol. The van der Waals surface area contributed by atoms with E-state index in [4.69, 9.17) is 39.6 Å². The number of nitrogens with one attached hydrogen (secondary N) is 6. The topological polar surface area (TPSA) is 230 Å². The summed E-state index contributed by atoms with van der Waals surface area (Å²) in [6.45, 7) is 2.47. The van der Waals surface area contributed by atoms with E-state index in [0.717, 1.165) is 18.4 Å². The van der Waals surface area contributed by atoms with Crippen molar-refractivity contribution in [1.29, 1.82) is 10.8 Å². The number of aromatic nitrogens is 3. The number of nitrogens with zero attached hydrogens (tertiary/aromatic N) is 2. The SMILES string of the molecule is C[C@H](N)CCCc1cc(Cl)c(F)c(-c2cc3cn(-c4ccc(C(=O)N[C@H](CCNC(=N)N)CNC(=N)N)cc4)c(=O)nc3[nH]2)c1. The number of H-pyrrole nitrogens is 1. The molecule has 0 fully saturated rings. The fourth-order valence-corrected chi connectivity index (χ4v) is 5.06. The lowest BCUT2D eigenvalue weighted by Crippen LogP contribution is -2.47. The van der Waals surface area contributed by atoms with Crippen LogP contribution in [0.5, 0.6) is 0 Å². The van der Waals surface area contributed by atoms with E-state index in [-0.39, 0.29) is 41.0 Å². The number of carbonyl (C=O) groups excluding carboxylic acids is 1. The predicted molar refractivity (Wildman–Crippen MR) is 174 cm³/mol. The molecule has 0 saturated carbocycles. The van der Waals surface area contributed by atoms with Gasteiger partial charge in [0.2, 0.25) is 0 Å². The van der Waals surface area contributed by atoms with Crippen LogP contribution in [-0.4, -0.2) is 57.5 Å². The Morgan fingerprint density at radius 3 is 2.49 bits per heavy atom. The first-order valence-corrected chi connectivity index (χ1v) is 14.7. The molecule has 0 spiro atoms. The molecule has 2 aromatic heterocycles. The van der Waals surface area contributed by atoms with E-state index < -0.39 is 17.5 Å². The molecule has 1 amide bonds. The number of guanidine groups is 2. The van der Waals surface area contributed by atoms with E-state index in [9.17, 15) is 9.59 Å². The van der Waals surface area contributed by atoms with Gasteiger partial charge in [-0.25, -0.2) is 9.18 Å². The number of aromatic amines is 1. The Bertz CT molecular complexity index is 1750. The maximum Gasteiger partial charge on any atom is 0.354 e. The lowest BCUT2D eigenvalue weighted by molar-refractivity contribution is 0.0935. The van der Waals surface area contributed by atoms with Crippen molar-refractivity contribution < 1.29 is 9.18 Å². The number of amides is 1. The molecule has 12 N–H and O–H groups in total. The zero-order valence-electron chi connectivity index (χ0n) is 24.7. The Kier molecular flexibility index (Phi) is 10.8. The fraction of sp³-hybridized carbons (Fsp3) is 0.300. The largest absolute Gasteiger partial charge is 0.370 e. The Labute approximate surface area is 263 Å². The van der Waals surface area contributed by atoms with Gasteiger partial charge in [0.25, 0.3) is 5.91 Å². The molecule has 0 aliphatic heterocycles. The first kappa shape index (κ1) is 33.0. The molecule has 0 bridgehead atoms. The molecule has 4 rings (SSSR count). The molecule has 15 heteroatoms. The Balaban J connectivity index is 1.53. The van der Waals surface area contributed by atoms with Gasteiger partial charge in [-0.05, 0) is 80.6 Å². The third kappa shape index (κ3) is 8.80. The number of halogens is 2. The van der Waals surface area contributed by atoms with Gasteiger partial charge in [0.05, 0.1) is 16.4 Å². The van der Waals surface area contributed by atoms with Gasteiger partial charge in [-0.15, -0.1) is 0 Å². The Morgan fingerprint density at radius 2 is 1.82 bits per heavy atom. The highest BCUT2D eigenvalue weighted by molar-refractivity contribution is 6.31. The van der Waals surface area contributed by atoms with Crippen molar-refractivity contribution in [1.82, 2.24) is 30.5 Å². The van der Waals surface area contributed by atoms with Crippen molar-refractivity contribution in [2.24, 2.45) is 17.2 Å². The fourth-order valence-electron chi connectivity index (χ4n) is 4.82. The third-order valence-electron chi connectivity index (χ3n) is 7.10. The van der Waals surface area contributed by atoms with Crippen LogP contribution in [0.4, 0.5) is 4.39 Å². The standard InChI is InChI=1S/C30H37ClFN11O2/c1-16(33)3-2-4-17-11-22(25(32)23(31)12-17)24-13-19-15-43(30(45)42-26(19)41-24)21-7-5-18(6-8-21)27(44)40-20(14-39-29(36)37)9-10-38-28(34)35/h5-8,11-13,15-16,20H,2-4,9-10,14,33H2,1H3,(H,40,44)(H4,34,35,38)(H4,36,37,39)(H,41,42,45)/t16-,20+/m0/s1. The summed E-state index contributed by atoms with van der Waals surface area (Å²) in [7, 11) is 0. The van der Waals surface area contributed by atoms with Crippen LogP contribution in [0.25, 0.3) is 28.0 Å². The van der Waals surface area contributed by atoms with Gasteiger partial charge in [-0.1, -0.05) is 11.6 Å². The van der Waals surface area contributed by atoms with Crippen LogP contribution < -0.4 is 38.8 Å². The number of rotatable bonds is 13. The minimum atomic E-state index is -0.572. The van der Waals surface area contributed by atoms with Crippen LogP contribution in [0.15, 0.2) is 53.5 Å². The molecule has 0 radical (unpaired) electrons. The van der Waals surface area contributed by atoms with Crippen LogP contribution in [-0.2, 0) is 6.42 Å². The maximum absolute atomic E-state index is 15.1. The molecule has 45 heavy (non-hydrogen) atoms. The van der Waals surface area contributed by atoms with E-state index >= 15 is 4.39 Å². The minimum absolute atomic E-state index is 0.00720. The summed E-state index contributed by atoms with van der Waals surface area (Å²) in [5, 5.41) is 23.5. The summed E-state index contributed by atoms with van der Waals surface area (Å²) in [5.74, 6) is -1.38. The highest BCUT2D eigenvalue weighted by Crippen LogP contribution is 2.31. The summed E-state index contributed by atoms with van der Waals surface area (Å²) >= 11 is 6.22. The molecule has 0 unspecified atom stereocenters. The molecule has 238 valence electrons. The number of aryl methyl sites for hydroxylation is 1. The molecular formula is C30H37ClFN11O2. The van der Waals surface area contributed by atoms with Gasteiger partial charge >= 0.3 is 5.69 Å². The van der Waals surface area contributed by atoms with Gasteiger partial charge in [0.15, 0.2) is 17.7 Å². The van der Waals surface area contributed by atoms with E-state index in [1.807, 2.05) is 6.92 Å². The maximum atomic E-state index is 15.1. The smallest absolute Gasteiger partial charge is 0.354 e. The molecule has 2 atom stereocenters. The predicted octanol–water partition coefficient (Wildman–Crippen LogP) is 2.30. The highest BCUT2D eigenvalue weighted by Gasteiger charge is 2.17. The number of hydrogen-bond donors (Lipinski definition) is 9. The average Bonchev–Trinajstić information content (AvgIpc) is 3.39. The van der Waals surface area contributed by atoms with Crippen molar-refractivity contribution in [3.8, 4) is 16.9 Å². The molecule has 2 aromatic carbocycles. The normalized spacial score (nSPS) is 12.4. The molecule has 0 saturated heterocycles. The highest BCUT2D eigenvalue weighted by atomic mass is 35.5. The number of fused-ring (bicyclic) bond motifs is 1. The van der Waals surface area contributed by atoms with Crippen molar-refractivity contribution in [3.05, 3.63) is 81.1 Å². The number of carbonyl (C=O) groups is 1. The average molecular weight is 638 g/mol. The second-order valence-corrected chi connectivity index (χ2v) is 11.2. The summed E-state index contributed by atoms with van der Waals surface area (Å²) in [5.41, 5.74) is 18.7. The van der Waals surface area contributed by atoms with E-state index in [2.05, 4.69) is 25.9 Å². The zero-order chi connectivity index (χ0) is 32.7. The first-order valence-electron chi connectivity index (χ1n) is 14.3. The van der Waals surface area contributed by atoms with Crippen LogP contribution in [0.1, 0.15) is 42.1 Å². The van der Waals surface area contributed by atoms with Gasteiger partial charge in [0, 0.05) is 47.9 Å². The Hall–Kier alpha value is -4.95. The van der Waals surface area contributed by atoms with Crippen LogP contribution >= 0.6 is 11.6 Å². The minimum Gasteiger partial charge on any atom is -0.370 e. The van der Waals surface area contributed by atoms with Crippen LogP contribution in [0, 0.1) is 16.6 Å². The van der Waals surface area contributed by atoms with Gasteiger partial charge in [0.1, 0.15) is 5.65 Å². The number of hydrogen-bond acceptors (Lipinski definition) is 6. The monoisotopic (exact) mass is 637 g/mol. The van der Waals surface area contributed by atoms with Crippen molar-refractivity contribution >= 4 is 40.5 Å². The molecule has 4 aromatic rings. The molecule has 13 nitrogen and oxygen atoms in total. The second-order valence-electron chi connectivity index (χ2n) is 10.8.